The van der Waals surface area contributed by atoms with E-state index in [1.807, 2.05) is 0 Å². The summed E-state index contributed by atoms with van der Waals surface area (Å²) >= 11 is 0. The lowest BCUT2D eigenvalue weighted by atomic mass is 9.70. The predicted octanol–water partition coefficient (Wildman–Crippen LogP) is 2.53. The first-order valence-corrected chi connectivity index (χ1v) is 6.30. The molecule has 2 nitrogen and oxygen atoms in total. The van der Waals surface area contributed by atoms with Gasteiger partial charge in [-0.25, -0.2) is 0 Å². The van der Waals surface area contributed by atoms with Crippen molar-refractivity contribution < 1.29 is 0 Å². The molecular formula is C13H28N2. The summed E-state index contributed by atoms with van der Waals surface area (Å²) in [5.41, 5.74) is 6.93. The van der Waals surface area contributed by atoms with Crippen LogP contribution in [-0.2, 0) is 0 Å². The molecule has 1 unspecified atom stereocenters. The molecule has 0 aliphatic heterocycles. The van der Waals surface area contributed by atoms with Crippen LogP contribution in [0.4, 0.5) is 0 Å². The van der Waals surface area contributed by atoms with Crippen LogP contribution in [0.2, 0.25) is 0 Å². The van der Waals surface area contributed by atoms with E-state index >= 15 is 0 Å². The van der Waals surface area contributed by atoms with Gasteiger partial charge in [-0.05, 0) is 36.6 Å². The first-order valence-electron chi connectivity index (χ1n) is 6.30. The minimum Gasteiger partial charge on any atom is -0.327 e. The average molecular weight is 212 g/mol. The summed E-state index contributed by atoms with van der Waals surface area (Å²) in [5, 5.41) is 3.55. The van der Waals surface area contributed by atoms with E-state index in [2.05, 4.69) is 33.0 Å². The Morgan fingerprint density at radius 3 is 2.33 bits per heavy atom. The van der Waals surface area contributed by atoms with Gasteiger partial charge in [-0.3, -0.25) is 0 Å². The smallest absolute Gasteiger partial charge is 0.00997 e. The van der Waals surface area contributed by atoms with Crippen molar-refractivity contribution in [2.75, 3.05) is 13.1 Å². The summed E-state index contributed by atoms with van der Waals surface area (Å²) < 4.78 is 0. The van der Waals surface area contributed by atoms with Gasteiger partial charge < -0.3 is 11.1 Å². The van der Waals surface area contributed by atoms with Crippen LogP contribution >= 0.6 is 0 Å². The Labute approximate surface area is 95.0 Å². The highest BCUT2D eigenvalue weighted by atomic mass is 14.9. The molecule has 0 amide bonds. The standard InChI is InChI=1S/C13H28N2/c1-12(2,3)11(14)6-9-15-10-13(4)7-5-8-13/h11,15H,5-10,14H2,1-4H3. The van der Waals surface area contributed by atoms with Crippen LogP contribution in [0.5, 0.6) is 0 Å². The van der Waals surface area contributed by atoms with Gasteiger partial charge in [0.1, 0.15) is 0 Å². The molecule has 0 aromatic carbocycles. The van der Waals surface area contributed by atoms with Gasteiger partial charge in [-0.2, -0.15) is 0 Å². The molecule has 0 aromatic rings. The van der Waals surface area contributed by atoms with Crippen LogP contribution in [-0.4, -0.2) is 19.1 Å². The second kappa shape index (κ2) is 4.84. The van der Waals surface area contributed by atoms with Gasteiger partial charge in [0.15, 0.2) is 0 Å². The fourth-order valence-electron chi connectivity index (χ4n) is 2.04. The fourth-order valence-corrected chi connectivity index (χ4v) is 2.04. The van der Waals surface area contributed by atoms with Crippen molar-refractivity contribution >= 4 is 0 Å². The number of nitrogens with one attached hydrogen (secondary N) is 1. The fraction of sp³-hybridized carbons (Fsp3) is 1.00. The maximum absolute atomic E-state index is 6.11. The Hall–Kier alpha value is -0.0800. The van der Waals surface area contributed by atoms with Crippen molar-refractivity contribution in [2.45, 2.75) is 59.4 Å². The highest BCUT2D eigenvalue weighted by molar-refractivity contribution is 4.85. The van der Waals surface area contributed by atoms with E-state index < -0.39 is 0 Å². The molecular weight excluding hydrogens is 184 g/mol. The van der Waals surface area contributed by atoms with Crippen molar-refractivity contribution in [2.24, 2.45) is 16.6 Å². The Bertz CT molecular complexity index is 189. The zero-order valence-electron chi connectivity index (χ0n) is 10.9. The zero-order valence-corrected chi connectivity index (χ0v) is 10.9. The van der Waals surface area contributed by atoms with Crippen molar-refractivity contribution in [3.8, 4) is 0 Å². The Kier molecular flexibility index (Phi) is 4.19. The number of rotatable bonds is 5. The summed E-state index contributed by atoms with van der Waals surface area (Å²) in [4.78, 5) is 0. The summed E-state index contributed by atoms with van der Waals surface area (Å²) in [6.07, 6.45) is 5.29. The van der Waals surface area contributed by atoms with E-state index in [-0.39, 0.29) is 5.41 Å². The molecule has 1 atom stereocenters. The van der Waals surface area contributed by atoms with Gasteiger partial charge in [0.05, 0.1) is 0 Å². The maximum atomic E-state index is 6.11. The SMILES string of the molecule is CC1(CNCCC(N)C(C)(C)C)CCC1. The lowest BCUT2D eigenvalue weighted by Gasteiger charge is -2.38. The highest BCUT2D eigenvalue weighted by Gasteiger charge is 2.31. The van der Waals surface area contributed by atoms with E-state index in [1.54, 1.807) is 0 Å². The first-order chi connectivity index (χ1) is 6.83. The third kappa shape index (κ3) is 4.12. The minimum atomic E-state index is 0.238. The Morgan fingerprint density at radius 2 is 1.93 bits per heavy atom. The van der Waals surface area contributed by atoms with Gasteiger partial charge in [0, 0.05) is 12.6 Å². The normalized spacial score (nSPS) is 22.2. The van der Waals surface area contributed by atoms with Crippen LogP contribution in [0.3, 0.4) is 0 Å². The average Bonchev–Trinajstić information content (AvgIpc) is 2.07. The lowest BCUT2D eigenvalue weighted by molar-refractivity contribution is 0.155. The van der Waals surface area contributed by atoms with E-state index in [4.69, 9.17) is 5.73 Å². The monoisotopic (exact) mass is 212 g/mol. The van der Waals surface area contributed by atoms with Crippen LogP contribution < -0.4 is 11.1 Å². The quantitative estimate of drug-likeness (QED) is 0.687. The summed E-state index contributed by atoms with van der Waals surface area (Å²) in [5.74, 6) is 0. The molecule has 1 aliphatic rings. The van der Waals surface area contributed by atoms with E-state index in [0.29, 0.717) is 11.5 Å². The molecule has 3 N–H and O–H groups in total. The minimum absolute atomic E-state index is 0.238. The molecule has 1 rings (SSSR count). The molecule has 1 fully saturated rings. The summed E-state index contributed by atoms with van der Waals surface area (Å²) in [6, 6.07) is 0.305. The summed E-state index contributed by atoms with van der Waals surface area (Å²) in [6.45, 7) is 11.3. The Morgan fingerprint density at radius 1 is 1.33 bits per heavy atom. The van der Waals surface area contributed by atoms with Crippen molar-refractivity contribution in [1.29, 1.82) is 0 Å². The van der Waals surface area contributed by atoms with Crippen LogP contribution in [0.25, 0.3) is 0 Å². The lowest BCUT2D eigenvalue weighted by Crippen LogP contribution is -2.41. The van der Waals surface area contributed by atoms with Crippen LogP contribution in [0, 0.1) is 10.8 Å². The second-order valence-electron chi connectivity index (χ2n) is 6.60. The largest absolute Gasteiger partial charge is 0.327 e. The molecule has 90 valence electrons. The molecule has 2 heteroatoms. The van der Waals surface area contributed by atoms with Gasteiger partial charge >= 0.3 is 0 Å². The molecule has 0 saturated heterocycles. The third-order valence-corrected chi connectivity index (χ3v) is 3.86. The second-order valence-corrected chi connectivity index (χ2v) is 6.60. The van der Waals surface area contributed by atoms with Crippen molar-refractivity contribution in [3.63, 3.8) is 0 Å². The molecule has 1 saturated carbocycles. The highest BCUT2D eigenvalue weighted by Crippen LogP contribution is 2.39. The molecule has 0 aromatic heterocycles. The van der Waals surface area contributed by atoms with Gasteiger partial charge in [0.2, 0.25) is 0 Å². The van der Waals surface area contributed by atoms with Gasteiger partial charge in [-0.1, -0.05) is 34.1 Å². The molecule has 0 bridgehead atoms. The number of hydrogen-bond donors (Lipinski definition) is 2. The number of hydrogen-bond acceptors (Lipinski definition) is 2. The van der Waals surface area contributed by atoms with Crippen molar-refractivity contribution in [3.05, 3.63) is 0 Å². The first kappa shape index (κ1) is 13.0. The molecule has 0 spiro atoms. The zero-order chi connectivity index (χ0) is 11.5. The van der Waals surface area contributed by atoms with Gasteiger partial charge in [-0.15, -0.1) is 0 Å². The number of nitrogens with two attached hydrogens (primary N) is 1. The molecule has 0 heterocycles. The van der Waals surface area contributed by atoms with Gasteiger partial charge in [0.25, 0.3) is 0 Å². The Balaban J connectivity index is 2.06. The molecule has 15 heavy (non-hydrogen) atoms. The summed E-state index contributed by atoms with van der Waals surface area (Å²) in [7, 11) is 0. The van der Waals surface area contributed by atoms with Crippen LogP contribution in [0.1, 0.15) is 53.4 Å². The molecule has 0 radical (unpaired) electrons. The molecule has 1 aliphatic carbocycles. The van der Waals surface area contributed by atoms with Crippen molar-refractivity contribution in [1.82, 2.24) is 5.32 Å². The van der Waals surface area contributed by atoms with E-state index in [9.17, 15) is 0 Å². The third-order valence-electron chi connectivity index (χ3n) is 3.86. The van der Waals surface area contributed by atoms with E-state index in [1.165, 1.54) is 25.8 Å². The topological polar surface area (TPSA) is 38.0 Å². The maximum Gasteiger partial charge on any atom is 0.00997 e. The van der Waals surface area contributed by atoms with Crippen LogP contribution in [0.15, 0.2) is 0 Å². The predicted molar refractivity (Wildman–Crippen MR) is 66.9 cm³/mol. The van der Waals surface area contributed by atoms with E-state index in [0.717, 1.165) is 13.0 Å².